The quantitative estimate of drug-likeness (QED) is 0.593. The van der Waals surface area contributed by atoms with Gasteiger partial charge in [-0.15, -0.1) is 0 Å². The van der Waals surface area contributed by atoms with Crippen LogP contribution >= 0.6 is 0 Å². The standard InChI is InChI=1S/C27H29N3O2/c31-27(28-26-22-13-18-12-19(15-22)16-23(26)14-18)25-10-11-30(29-25)17-32-24-8-6-21(7-9-24)20-4-2-1-3-5-20/h1-11,18-19,22-23,26H,12-17H2,(H,28,31). The van der Waals surface area contributed by atoms with Crippen molar-refractivity contribution in [3.8, 4) is 16.9 Å². The summed E-state index contributed by atoms with van der Waals surface area (Å²) in [6.45, 7) is 0.274. The van der Waals surface area contributed by atoms with Crippen molar-refractivity contribution >= 4 is 5.91 Å². The Morgan fingerprint density at radius 3 is 2.22 bits per heavy atom. The molecule has 7 rings (SSSR count). The van der Waals surface area contributed by atoms with E-state index in [0.29, 0.717) is 23.6 Å². The van der Waals surface area contributed by atoms with Crippen LogP contribution in [0.4, 0.5) is 0 Å². The summed E-state index contributed by atoms with van der Waals surface area (Å²) in [5.74, 6) is 3.87. The molecule has 1 heterocycles. The third kappa shape index (κ3) is 3.81. The lowest BCUT2D eigenvalue weighted by atomic mass is 9.54. The van der Waals surface area contributed by atoms with Crippen molar-refractivity contribution in [3.63, 3.8) is 0 Å². The molecule has 4 fully saturated rings. The zero-order chi connectivity index (χ0) is 21.5. The number of carbonyl (C=O) groups excluding carboxylic acids is 1. The first kappa shape index (κ1) is 19.6. The van der Waals surface area contributed by atoms with E-state index in [2.05, 4.69) is 34.7 Å². The van der Waals surface area contributed by atoms with E-state index in [-0.39, 0.29) is 12.6 Å². The summed E-state index contributed by atoms with van der Waals surface area (Å²) in [4.78, 5) is 12.9. The molecule has 0 spiro atoms. The van der Waals surface area contributed by atoms with Crippen LogP contribution in [-0.2, 0) is 6.73 Å². The van der Waals surface area contributed by atoms with E-state index in [1.165, 1.54) is 37.7 Å². The molecular formula is C27H29N3O2. The van der Waals surface area contributed by atoms with Crippen molar-refractivity contribution in [1.82, 2.24) is 15.1 Å². The Hall–Kier alpha value is -3.08. The van der Waals surface area contributed by atoms with Gasteiger partial charge in [0.25, 0.3) is 5.91 Å². The van der Waals surface area contributed by atoms with Gasteiger partial charge in [0, 0.05) is 12.2 Å². The van der Waals surface area contributed by atoms with Crippen LogP contribution in [0.2, 0.25) is 0 Å². The lowest BCUT2D eigenvalue weighted by Crippen LogP contribution is -2.55. The molecule has 1 N–H and O–H groups in total. The lowest BCUT2D eigenvalue weighted by molar-refractivity contribution is -0.0120. The maximum absolute atomic E-state index is 12.9. The van der Waals surface area contributed by atoms with E-state index in [4.69, 9.17) is 4.74 Å². The summed E-state index contributed by atoms with van der Waals surface area (Å²) in [6, 6.07) is 20.4. The highest BCUT2D eigenvalue weighted by molar-refractivity contribution is 5.92. The van der Waals surface area contributed by atoms with Gasteiger partial charge in [0.15, 0.2) is 6.73 Å². The van der Waals surface area contributed by atoms with Crippen molar-refractivity contribution < 1.29 is 9.53 Å². The van der Waals surface area contributed by atoms with E-state index in [1.54, 1.807) is 10.7 Å². The smallest absolute Gasteiger partial charge is 0.272 e. The SMILES string of the molecule is O=C(NC1C2CC3CC(C2)CC1C3)c1ccn(COc2ccc(-c3ccccc3)cc2)n1. The maximum atomic E-state index is 12.9. The van der Waals surface area contributed by atoms with Gasteiger partial charge in [-0.3, -0.25) is 4.79 Å². The molecule has 0 atom stereocenters. The van der Waals surface area contributed by atoms with E-state index >= 15 is 0 Å². The molecule has 2 aromatic carbocycles. The Balaban J connectivity index is 1.05. The molecule has 32 heavy (non-hydrogen) atoms. The molecule has 4 saturated carbocycles. The molecule has 0 aliphatic heterocycles. The van der Waals surface area contributed by atoms with Crippen LogP contribution in [-0.4, -0.2) is 21.7 Å². The summed E-state index contributed by atoms with van der Waals surface area (Å²) in [6.07, 6.45) is 8.41. The van der Waals surface area contributed by atoms with Gasteiger partial charge in [-0.2, -0.15) is 5.10 Å². The fraction of sp³-hybridized carbons (Fsp3) is 0.407. The van der Waals surface area contributed by atoms with Crippen LogP contribution in [0.25, 0.3) is 11.1 Å². The van der Waals surface area contributed by atoms with E-state index in [9.17, 15) is 4.79 Å². The number of nitrogens with one attached hydrogen (secondary N) is 1. The van der Waals surface area contributed by atoms with Crippen molar-refractivity contribution in [3.05, 3.63) is 72.6 Å². The molecule has 1 aromatic heterocycles. The Labute approximate surface area is 188 Å². The van der Waals surface area contributed by atoms with Crippen LogP contribution in [0.1, 0.15) is 42.6 Å². The molecular weight excluding hydrogens is 398 g/mol. The van der Waals surface area contributed by atoms with Crippen molar-refractivity contribution in [2.24, 2.45) is 23.7 Å². The molecule has 4 aliphatic carbocycles. The number of benzene rings is 2. The number of nitrogens with zero attached hydrogens (tertiary/aromatic N) is 2. The monoisotopic (exact) mass is 427 g/mol. The molecule has 0 saturated heterocycles. The van der Waals surface area contributed by atoms with Crippen LogP contribution in [0.15, 0.2) is 66.9 Å². The lowest BCUT2D eigenvalue weighted by Gasteiger charge is -2.54. The minimum Gasteiger partial charge on any atom is -0.471 e. The second-order valence-corrected chi connectivity index (χ2v) is 9.83. The maximum Gasteiger partial charge on any atom is 0.272 e. The number of hydrogen-bond acceptors (Lipinski definition) is 3. The number of ether oxygens (including phenoxy) is 1. The molecule has 0 radical (unpaired) electrons. The average Bonchev–Trinajstić information content (AvgIpc) is 3.30. The predicted molar refractivity (Wildman–Crippen MR) is 123 cm³/mol. The van der Waals surface area contributed by atoms with Crippen LogP contribution in [0, 0.1) is 23.7 Å². The summed E-state index contributed by atoms with van der Waals surface area (Å²) < 4.78 is 7.55. The topological polar surface area (TPSA) is 56.2 Å². The molecule has 164 valence electrons. The van der Waals surface area contributed by atoms with Gasteiger partial charge in [-0.25, -0.2) is 4.68 Å². The first-order chi connectivity index (χ1) is 15.7. The van der Waals surface area contributed by atoms with Crippen molar-refractivity contribution in [1.29, 1.82) is 0 Å². The number of amides is 1. The van der Waals surface area contributed by atoms with Gasteiger partial charge in [0.1, 0.15) is 11.4 Å². The van der Waals surface area contributed by atoms with Crippen LogP contribution in [0.3, 0.4) is 0 Å². The normalized spacial score (nSPS) is 27.9. The number of rotatable bonds is 6. The third-order valence-electron chi connectivity index (χ3n) is 7.72. The second kappa shape index (κ2) is 8.12. The minimum atomic E-state index is -0.0477. The van der Waals surface area contributed by atoms with Crippen molar-refractivity contribution in [2.45, 2.75) is 44.9 Å². The third-order valence-corrected chi connectivity index (χ3v) is 7.72. The highest BCUT2D eigenvalue weighted by atomic mass is 16.5. The fourth-order valence-corrected chi connectivity index (χ4v) is 6.46. The van der Waals surface area contributed by atoms with Crippen LogP contribution in [0.5, 0.6) is 5.75 Å². The first-order valence-corrected chi connectivity index (χ1v) is 11.8. The van der Waals surface area contributed by atoms with Gasteiger partial charge >= 0.3 is 0 Å². The van der Waals surface area contributed by atoms with Crippen LogP contribution < -0.4 is 10.1 Å². The van der Waals surface area contributed by atoms with Gasteiger partial charge in [0.05, 0.1) is 0 Å². The van der Waals surface area contributed by atoms with E-state index < -0.39 is 0 Å². The number of carbonyl (C=O) groups is 1. The molecule has 1 amide bonds. The van der Waals surface area contributed by atoms with Crippen molar-refractivity contribution in [2.75, 3.05) is 0 Å². The molecule has 3 aromatic rings. The predicted octanol–water partition coefficient (Wildman–Crippen LogP) is 5.14. The molecule has 0 unspecified atom stereocenters. The minimum absolute atomic E-state index is 0.0477. The zero-order valence-corrected chi connectivity index (χ0v) is 18.2. The van der Waals surface area contributed by atoms with Gasteiger partial charge in [0.2, 0.25) is 0 Å². The van der Waals surface area contributed by atoms with Gasteiger partial charge < -0.3 is 10.1 Å². The van der Waals surface area contributed by atoms with E-state index in [1.807, 2.05) is 36.5 Å². The summed E-state index contributed by atoms with van der Waals surface area (Å²) in [5, 5.41) is 7.78. The average molecular weight is 428 g/mol. The Morgan fingerprint density at radius 2 is 1.53 bits per heavy atom. The summed E-state index contributed by atoms with van der Waals surface area (Å²) in [5.41, 5.74) is 2.81. The second-order valence-electron chi connectivity index (χ2n) is 9.83. The number of aromatic nitrogens is 2. The fourth-order valence-electron chi connectivity index (χ4n) is 6.46. The summed E-state index contributed by atoms with van der Waals surface area (Å²) in [7, 11) is 0. The largest absolute Gasteiger partial charge is 0.471 e. The van der Waals surface area contributed by atoms with E-state index in [0.717, 1.165) is 23.1 Å². The Kier molecular flexibility index (Phi) is 4.97. The van der Waals surface area contributed by atoms with Gasteiger partial charge in [-0.1, -0.05) is 42.5 Å². The Morgan fingerprint density at radius 1 is 0.875 bits per heavy atom. The first-order valence-electron chi connectivity index (χ1n) is 11.8. The summed E-state index contributed by atoms with van der Waals surface area (Å²) >= 11 is 0. The Bertz CT molecular complexity index is 1060. The highest BCUT2D eigenvalue weighted by Crippen LogP contribution is 2.53. The number of hydrogen-bond donors (Lipinski definition) is 1. The van der Waals surface area contributed by atoms with Gasteiger partial charge in [-0.05, 0) is 85.1 Å². The molecule has 5 heteroatoms. The highest BCUT2D eigenvalue weighted by Gasteiger charge is 2.48. The molecule has 4 aliphatic rings. The molecule has 5 nitrogen and oxygen atoms in total. The molecule has 4 bridgehead atoms. The zero-order valence-electron chi connectivity index (χ0n) is 18.2.